The predicted octanol–water partition coefficient (Wildman–Crippen LogP) is 4.83. The molecule has 2 N–H and O–H groups in total. The zero-order valence-corrected chi connectivity index (χ0v) is 19.8. The molecule has 0 saturated carbocycles. The van der Waals surface area contributed by atoms with Crippen LogP contribution in [0.5, 0.6) is 11.6 Å². The van der Waals surface area contributed by atoms with E-state index in [0.29, 0.717) is 18.2 Å². The van der Waals surface area contributed by atoms with Gasteiger partial charge in [0.1, 0.15) is 11.6 Å². The van der Waals surface area contributed by atoms with Crippen LogP contribution in [0.2, 0.25) is 0 Å². The van der Waals surface area contributed by atoms with E-state index in [4.69, 9.17) is 4.74 Å². The molecule has 0 fully saturated rings. The molecule has 2 aromatic rings. The second-order valence-corrected chi connectivity index (χ2v) is 8.09. The number of nitrogens with zero attached hydrogens (tertiary/aromatic N) is 2. The molecule has 0 radical (unpaired) electrons. The van der Waals surface area contributed by atoms with Crippen LogP contribution in [0.1, 0.15) is 26.3 Å². The van der Waals surface area contributed by atoms with Crippen LogP contribution in [0.4, 0.5) is 4.39 Å². The van der Waals surface area contributed by atoms with Crippen LogP contribution in [0.25, 0.3) is 0 Å². The van der Waals surface area contributed by atoms with Crippen molar-refractivity contribution in [2.75, 3.05) is 19.3 Å². The zero-order valence-electron chi connectivity index (χ0n) is 16.7. The summed E-state index contributed by atoms with van der Waals surface area (Å²) >= 11 is 1.81. The third-order valence-electron chi connectivity index (χ3n) is 3.81. The summed E-state index contributed by atoms with van der Waals surface area (Å²) in [7, 11) is 0. The van der Waals surface area contributed by atoms with Crippen molar-refractivity contribution in [1.82, 2.24) is 15.6 Å². The van der Waals surface area contributed by atoms with Crippen molar-refractivity contribution in [1.29, 1.82) is 0 Å². The average Bonchev–Trinajstić information content (AvgIpc) is 2.65. The van der Waals surface area contributed by atoms with Gasteiger partial charge in [-0.05, 0) is 44.7 Å². The fraction of sp³-hybridized carbons (Fsp3) is 0.400. The van der Waals surface area contributed by atoms with Crippen LogP contribution in [0.3, 0.4) is 0 Å². The van der Waals surface area contributed by atoms with E-state index in [1.807, 2.05) is 24.8 Å². The van der Waals surface area contributed by atoms with Crippen LogP contribution in [-0.4, -0.2) is 35.0 Å². The molecule has 0 bridgehead atoms. The summed E-state index contributed by atoms with van der Waals surface area (Å²) in [6.45, 7) is 8.53. The Kier molecular flexibility index (Phi) is 10.6. The summed E-state index contributed by atoms with van der Waals surface area (Å²) in [6, 6.07) is 9.64. The maximum absolute atomic E-state index is 13.2. The molecule has 0 aliphatic rings. The van der Waals surface area contributed by atoms with E-state index in [1.165, 1.54) is 12.1 Å². The summed E-state index contributed by atoms with van der Waals surface area (Å²) in [5.41, 5.74) is 0.961. The van der Waals surface area contributed by atoms with E-state index in [9.17, 15) is 4.39 Å². The molecule has 1 aromatic heterocycles. The van der Waals surface area contributed by atoms with E-state index in [0.717, 1.165) is 24.6 Å². The number of halogens is 2. The number of nitrogens with one attached hydrogen (secondary N) is 2. The molecule has 2 rings (SSSR count). The van der Waals surface area contributed by atoms with Crippen molar-refractivity contribution in [2.45, 2.75) is 32.1 Å². The molecule has 154 valence electrons. The summed E-state index contributed by atoms with van der Waals surface area (Å²) in [6.07, 6.45) is 3.82. The molecule has 0 aliphatic heterocycles. The quantitative estimate of drug-likeness (QED) is 0.298. The van der Waals surface area contributed by atoms with Crippen LogP contribution < -0.4 is 15.4 Å². The number of hydrogen-bond acceptors (Lipinski definition) is 4. The van der Waals surface area contributed by atoms with E-state index in [1.54, 1.807) is 24.4 Å². The zero-order chi connectivity index (χ0) is 19.7. The number of aliphatic imine (C=N–C) groups is 1. The molecule has 1 heterocycles. The Bertz CT molecular complexity index is 756. The van der Waals surface area contributed by atoms with Crippen molar-refractivity contribution in [3.63, 3.8) is 0 Å². The van der Waals surface area contributed by atoms with Gasteiger partial charge in [0.25, 0.3) is 0 Å². The van der Waals surface area contributed by atoms with E-state index < -0.39 is 0 Å². The Labute approximate surface area is 188 Å². The third-order valence-corrected chi connectivity index (χ3v) is 5.06. The van der Waals surface area contributed by atoms with Gasteiger partial charge in [0.2, 0.25) is 5.88 Å². The van der Waals surface area contributed by atoms with Crippen molar-refractivity contribution < 1.29 is 9.13 Å². The number of hydrogen-bond donors (Lipinski definition) is 2. The van der Waals surface area contributed by atoms with Crippen molar-refractivity contribution in [2.24, 2.45) is 4.99 Å². The van der Waals surface area contributed by atoms with Gasteiger partial charge in [0, 0.05) is 36.2 Å². The van der Waals surface area contributed by atoms with Gasteiger partial charge in [0.05, 0.1) is 6.54 Å². The summed E-state index contributed by atoms with van der Waals surface area (Å²) < 4.78 is 18.9. The SMILES string of the molecule is CCNC(=NCc1ccc(Oc2cccc(F)c2)nc1)NCC(C)(C)SC.I. The fourth-order valence-corrected chi connectivity index (χ4v) is 2.31. The first-order valence-corrected chi connectivity index (χ1v) is 10.1. The third kappa shape index (κ3) is 8.64. The Morgan fingerprint density at radius 3 is 2.64 bits per heavy atom. The minimum atomic E-state index is -0.341. The lowest BCUT2D eigenvalue weighted by Crippen LogP contribution is -2.43. The van der Waals surface area contributed by atoms with Gasteiger partial charge >= 0.3 is 0 Å². The number of ether oxygens (including phenoxy) is 1. The maximum atomic E-state index is 13.2. The molecular weight excluding hydrogens is 490 g/mol. The van der Waals surface area contributed by atoms with Crippen molar-refractivity contribution >= 4 is 41.7 Å². The van der Waals surface area contributed by atoms with Crippen LogP contribution in [-0.2, 0) is 6.54 Å². The molecule has 5 nitrogen and oxygen atoms in total. The van der Waals surface area contributed by atoms with E-state index in [-0.39, 0.29) is 34.5 Å². The molecule has 0 amide bonds. The molecule has 0 spiro atoms. The highest BCUT2D eigenvalue weighted by Gasteiger charge is 2.16. The predicted molar refractivity (Wildman–Crippen MR) is 127 cm³/mol. The number of rotatable bonds is 8. The first kappa shape index (κ1) is 24.5. The lowest BCUT2D eigenvalue weighted by molar-refractivity contribution is 0.457. The van der Waals surface area contributed by atoms with Crippen molar-refractivity contribution in [3.05, 3.63) is 54.0 Å². The topological polar surface area (TPSA) is 58.5 Å². The standard InChI is InChI=1S/C20H27FN4OS.HI/c1-5-22-19(25-14-20(2,3)27-4)24-13-15-9-10-18(23-12-15)26-17-8-6-7-16(21)11-17;/h6-12H,5,13-14H2,1-4H3,(H2,22,24,25);1H. The highest BCUT2D eigenvalue weighted by atomic mass is 127. The van der Waals surface area contributed by atoms with Gasteiger partial charge in [-0.2, -0.15) is 11.8 Å². The Hall–Kier alpha value is -1.55. The van der Waals surface area contributed by atoms with Gasteiger partial charge in [-0.3, -0.25) is 0 Å². The first-order valence-electron chi connectivity index (χ1n) is 8.87. The van der Waals surface area contributed by atoms with Gasteiger partial charge in [-0.1, -0.05) is 12.1 Å². The molecular formula is C20H28FIN4OS. The van der Waals surface area contributed by atoms with Crippen molar-refractivity contribution in [3.8, 4) is 11.6 Å². The van der Waals surface area contributed by atoms with Gasteiger partial charge in [-0.25, -0.2) is 14.4 Å². The highest BCUT2D eigenvalue weighted by Crippen LogP contribution is 2.20. The number of aromatic nitrogens is 1. The van der Waals surface area contributed by atoms with Gasteiger partial charge < -0.3 is 15.4 Å². The number of benzene rings is 1. The second kappa shape index (κ2) is 12.1. The van der Waals surface area contributed by atoms with Crippen LogP contribution >= 0.6 is 35.7 Å². The summed E-state index contributed by atoms with van der Waals surface area (Å²) in [5, 5.41) is 6.62. The molecule has 8 heteroatoms. The summed E-state index contributed by atoms with van der Waals surface area (Å²) in [4.78, 5) is 8.87. The number of guanidine groups is 1. The number of pyridine rings is 1. The van der Waals surface area contributed by atoms with Gasteiger partial charge in [0.15, 0.2) is 5.96 Å². The van der Waals surface area contributed by atoms with Crippen LogP contribution in [0.15, 0.2) is 47.6 Å². The largest absolute Gasteiger partial charge is 0.439 e. The Balaban J connectivity index is 0.00000392. The molecule has 28 heavy (non-hydrogen) atoms. The minimum absolute atomic E-state index is 0. The molecule has 0 aliphatic carbocycles. The van der Waals surface area contributed by atoms with E-state index >= 15 is 0 Å². The first-order chi connectivity index (χ1) is 12.9. The monoisotopic (exact) mass is 518 g/mol. The highest BCUT2D eigenvalue weighted by molar-refractivity contribution is 14.0. The molecule has 0 saturated heterocycles. The lowest BCUT2D eigenvalue weighted by Gasteiger charge is -2.23. The molecule has 0 unspecified atom stereocenters. The fourth-order valence-electron chi connectivity index (χ4n) is 2.10. The summed E-state index contributed by atoms with van der Waals surface area (Å²) in [5.74, 6) is 1.27. The van der Waals surface area contributed by atoms with Crippen LogP contribution in [0, 0.1) is 5.82 Å². The Morgan fingerprint density at radius 2 is 2.04 bits per heavy atom. The van der Waals surface area contributed by atoms with Gasteiger partial charge in [-0.15, -0.1) is 24.0 Å². The second-order valence-electron chi connectivity index (χ2n) is 6.58. The smallest absolute Gasteiger partial charge is 0.219 e. The van der Waals surface area contributed by atoms with E-state index in [2.05, 4.69) is 40.7 Å². The Morgan fingerprint density at radius 1 is 1.25 bits per heavy atom. The number of thioether (sulfide) groups is 1. The minimum Gasteiger partial charge on any atom is -0.439 e. The average molecular weight is 518 g/mol. The maximum Gasteiger partial charge on any atom is 0.219 e. The molecule has 1 aromatic carbocycles. The lowest BCUT2D eigenvalue weighted by atomic mass is 10.2. The molecule has 0 atom stereocenters. The normalized spacial score (nSPS) is 11.5.